The monoisotopic (exact) mass is 553 g/mol. The lowest BCUT2D eigenvalue weighted by atomic mass is 9.93. The van der Waals surface area contributed by atoms with Crippen LogP contribution < -0.4 is 5.32 Å². The first-order valence-electron chi connectivity index (χ1n) is 12.1. The van der Waals surface area contributed by atoms with Crippen LogP contribution in [-0.2, 0) is 6.42 Å². The smallest absolute Gasteiger partial charge is 0.253 e. The van der Waals surface area contributed by atoms with Crippen molar-refractivity contribution in [2.75, 3.05) is 53.4 Å². The highest BCUT2D eigenvalue weighted by atomic mass is 127. The Morgan fingerprint density at radius 2 is 1.94 bits per heavy atom. The van der Waals surface area contributed by atoms with Gasteiger partial charge in [-0.15, -0.1) is 24.0 Å². The zero-order valence-electron chi connectivity index (χ0n) is 19.9. The maximum atomic E-state index is 12.2. The summed E-state index contributed by atoms with van der Waals surface area (Å²) in [5, 5.41) is 3.49. The molecule has 1 aromatic rings. The largest absolute Gasteiger partial charge is 0.357 e. The van der Waals surface area contributed by atoms with Crippen LogP contribution in [0.1, 0.15) is 48.5 Å². The summed E-state index contributed by atoms with van der Waals surface area (Å²) < 4.78 is 0. The molecule has 6 nitrogen and oxygen atoms in total. The van der Waals surface area contributed by atoms with Crippen molar-refractivity contribution in [3.05, 3.63) is 35.4 Å². The number of carbonyl (C=O) groups is 1. The summed E-state index contributed by atoms with van der Waals surface area (Å²) in [6, 6.07) is 8.78. The van der Waals surface area contributed by atoms with Crippen molar-refractivity contribution in [3.8, 4) is 0 Å². The van der Waals surface area contributed by atoms with Gasteiger partial charge in [-0.25, -0.2) is 0 Å². The minimum absolute atomic E-state index is 0. The van der Waals surface area contributed by atoms with Crippen LogP contribution in [-0.4, -0.2) is 86.0 Å². The van der Waals surface area contributed by atoms with Gasteiger partial charge in [-0.05, 0) is 62.1 Å². The van der Waals surface area contributed by atoms with Crippen LogP contribution in [0.15, 0.2) is 29.3 Å². The number of benzene rings is 1. The fraction of sp³-hybridized carbons (Fsp3) is 0.680. The van der Waals surface area contributed by atoms with Gasteiger partial charge in [-0.2, -0.15) is 0 Å². The van der Waals surface area contributed by atoms with Gasteiger partial charge in [0.1, 0.15) is 0 Å². The second-order valence-corrected chi connectivity index (χ2v) is 9.65. The molecule has 3 unspecified atom stereocenters. The molecule has 1 aliphatic heterocycles. The van der Waals surface area contributed by atoms with E-state index in [9.17, 15) is 4.79 Å². The van der Waals surface area contributed by atoms with E-state index in [4.69, 9.17) is 4.99 Å². The molecule has 1 aromatic carbocycles. The summed E-state index contributed by atoms with van der Waals surface area (Å²) in [4.78, 5) is 23.9. The molecule has 4 rings (SSSR count). The summed E-state index contributed by atoms with van der Waals surface area (Å²) in [5.74, 6) is 3.06. The lowest BCUT2D eigenvalue weighted by Gasteiger charge is -2.42. The average molecular weight is 554 g/mol. The molecule has 3 atom stereocenters. The first-order valence-corrected chi connectivity index (χ1v) is 12.1. The van der Waals surface area contributed by atoms with Crippen molar-refractivity contribution < 1.29 is 4.79 Å². The molecule has 2 saturated carbocycles. The molecular weight excluding hydrogens is 513 g/mol. The van der Waals surface area contributed by atoms with Crippen LogP contribution in [0.3, 0.4) is 0 Å². The minimum Gasteiger partial charge on any atom is -0.357 e. The standard InChI is InChI=1S/C25H39N5O.HI/c1-4-26-25(27-11-10-19-6-5-7-22(16-19)24(31)28(2)3)30-14-12-29(13-15-30)23-18-20-8-9-21(23)17-20;/h5-7,16,20-21,23H,4,8-15,17-18H2,1-3H3,(H,26,27);1H. The van der Waals surface area contributed by atoms with Gasteiger partial charge in [0.15, 0.2) is 5.96 Å². The molecule has 1 saturated heterocycles. The van der Waals surface area contributed by atoms with E-state index in [0.717, 1.165) is 80.7 Å². The molecule has 1 heterocycles. The van der Waals surface area contributed by atoms with E-state index >= 15 is 0 Å². The predicted molar refractivity (Wildman–Crippen MR) is 142 cm³/mol. The second kappa shape index (κ2) is 11.7. The first-order chi connectivity index (χ1) is 15.0. The van der Waals surface area contributed by atoms with E-state index in [1.54, 1.807) is 19.0 Å². The van der Waals surface area contributed by atoms with Crippen LogP contribution in [0.5, 0.6) is 0 Å². The van der Waals surface area contributed by atoms with Gasteiger partial charge in [0, 0.05) is 65.0 Å². The molecule has 0 spiro atoms. The van der Waals surface area contributed by atoms with Gasteiger partial charge < -0.3 is 15.1 Å². The minimum atomic E-state index is 0. The van der Waals surface area contributed by atoms with E-state index in [-0.39, 0.29) is 29.9 Å². The van der Waals surface area contributed by atoms with Crippen LogP contribution in [0.25, 0.3) is 0 Å². The second-order valence-electron chi connectivity index (χ2n) is 9.65. The fourth-order valence-electron chi connectivity index (χ4n) is 5.76. The maximum Gasteiger partial charge on any atom is 0.253 e. The zero-order valence-corrected chi connectivity index (χ0v) is 22.3. The molecule has 7 heteroatoms. The number of nitrogens with one attached hydrogen (secondary N) is 1. The van der Waals surface area contributed by atoms with Gasteiger partial charge in [0.05, 0.1) is 0 Å². The number of halogens is 1. The molecule has 1 N–H and O–H groups in total. The number of guanidine groups is 1. The number of hydrogen-bond donors (Lipinski definition) is 1. The Morgan fingerprint density at radius 3 is 2.56 bits per heavy atom. The van der Waals surface area contributed by atoms with Crippen molar-refractivity contribution in [2.45, 2.75) is 45.1 Å². The van der Waals surface area contributed by atoms with Gasteiger partial charge in [0.25, 0.3) is 5.91 Å². The molecule has 32 heavy (non-hydrogen) atoms. The Hall–Kier alpha value is -1.35. The summed E-state index contributed by atoms with van der Waals surface area (Å²) in [5.41, 5.74) is 1.91. The third-order valence-electron chi connectivity index (χ3n) is 7.36. The Bertz CT molecular complexity index is 790. The van der Waals surface area contributed by atoms with Crippen LogP contribution in [0.2, 0.25) is 0 Å². The maximum absolute atomic E-state index is 12.2. The number of piperazine rings is 1. The first kappa shape index (κ1) is 25.3. The SMILES string of the molecule is CCNC(=NCCc1cccc(C(=O)N(C)C)c1)N1CCN(C2CC3CCC2C3)CC1.I. The van der Waals surface area contributed by atoms with E-state index in [1.807, 2.05) is 18.2 Å². The Balaban J connectivity index is 0.00000289. The van der Waals surface area contributed by atoms with Crippen molar-refractivity contribution in [3.63, 3.8) is 0 Å². The van der Waals surface area contributed by atoms with Gasteiger partial charge in [-0.3, -0.25) is 14.7 Å². The highest BCUT2D eigenvalue weighted by molar-refractivity contribution is 14.0. The van der Waals surface area contributed by atoms with Crippen molar-refractivity contribution in [2.24, 2.45) is 16.8 Å². The number of carbonyl (C=O) groups excluding carboxylic acids is 1. The van der Waals surface area contributed by atoms with Gasteiger partial charge in [0.2, 0.25) is 0 Å². The summed E-state index contributed by atoms with van der Waals surface area (Å²) in [6.45, 7) is 8.20. The molecule has 1 amide bonds. The van der Waals surface area contributed by atoms with E-state index < -0.39 is 0 Å². The quantitative estimate of drug-likeness (QED) is 0.334. The molecule has 3 aliphatic rings. The van der Waals surface area contributed by atoms with Crippen LogP contribution in [0.4, 0.5) is 0 Å². The lowest BCUT2D eigenvalue weighted by molar-refractivity contribution is 0.0827. The third kappa shape index (κ3) is 5.95. The molecular formula is C25H40IN5O. The predicted octanol–water partition coefficient (Wildman–Crippen LogP) is 3.32. The average Bonchev–Trinajstić information content (AvgIpc) is 3.42. The highest BCUT2D eigenvalue weighted by Crippen LogP contribution is 2.46. The molecule has 0 aromatic heterocycles. The molecule has 2 bridgehead atoms. The normalized spacial score (nSPS) is 25.5. The Kier molecular flexibility index (Phi) is 9.22. The Morgan fingerprint density at radius 1 is 1.16 bits per heavy atom. The number of nitrogens with zero attached hydrogens (tertiary/aromatic N) is 4. The van der Waals surface area contributed by atoms with Crippen molar-refractivity contribution in [1.29, 1.82) is 0 Å². The van der Waals surface area contributed by atoms with E-state index in [0.29, 0.717) is 0 Å². The fourth-order valence-corrected chi connectivity index (χ4v) is 5.76. The molecule has 2 aliphatic carbocycles. The van der Waals surface area contributed by atoms with Gasteiger partial charge in [-0.1, -0.05) is 18.6 Å². The Labute approximate surface area is 210 Å². The highest BCUT2D eigenvalue weighted by Gasteiger charge is 2.42. The molecule has 0 radical (unpaired) electrons. The zero-order chi connectivity index (χ0) is 21.8. The van der Waals surface area contributed by atoms with Crippen molar-refractivity contribution in [1.82, 2.24) is 20.0 Å². The van der Waals surface area contributed by atoms with Crippen LogP contribution in [0, 0.1) is 11.8 Å². The topological polar surface area (TPSA) is 51.2 Å². The number of rotatable bonds is 6. The van der Waals surface area contributed by atoms with Crippen molar-refractivity contribution >= 4 is 35.8 Å². The number of amides is 1. The molecule has 178 valence electrons. The lowest BCUT2D eigenvalue weighted by Crippen LogP contribution is -2.55. The summed E-state index contributed by atoms with van der Waals surface area (Å²) in [6.07, 6.45) is 6.70. The third-order valence-corrected chi connectivity index (χ3v) is 7.36. The number of hydrogen-bond acceptors (Lipinski definition) is 3. The summed E-state index contributed by atoms with van der Waals surface area (Å²) >= 11 is 0. The number of fused-ring (bicyclic) bond motifs is 2. The van der Waals surface area contributed by atoms with E-state index in [1.165, 1.54) is 25.7 Å². The van der Waals surface area contributed by atoms with E-state index in [2.05, 4.69) is 28.1 Å². The van der Waals surface area contributed by atoms with Gasteiger partial charge >= 0.3 is 0 Å². The number of aliphatic imine (C=N–C) groups is 1. The summed E-state index contributed by atoms with van der Waals surface area (Å²) in [7, 11) is 3.58. The molecule has 3 fully saturated rings. The van der Waals surface area contributed by atoms with Crippen LogP contribution >= 0.6 is 24.0 Å².